The van der Waals surface area contributed by atoms with E-state index in [2.05, 4.69) is 19.7 Å². The average molecular weight is 381 g/mol. The molecular formula is C23H7N7. The van der Waals surface area contributed by atoms with Crippen molar-refractivity contribution in [3.63, 3.8) is 0 Å². The van der Waals surface area contributed by atoms with E-state index in [1.807, 2.05) is 42.5 Å². The molecule has 0 amide bonds. The summed E-state index contributed by atoms with van der Waals surface area (Å²) >= 11 is 0. The van der Waals surface area contributed by atoms with Crippen LogP contribution in [0.5, 0.6) is 0 Å². The van der Waals surface area contributed by atoms with Gasteiger partial charge < -0.3 is 0 Å². The molecule has 0 saturated heterocycles. The van der Waals surface area contributed by atoms with Crippen molar-refractivity contribution in [1.29, 1.82) is 15.8 Å². The van der Waals surface area contributed by atoms with E-state index in [9.17, 15) is 15.8 Å². The van der Waals surface area contributed by atoms with E-state index >= 15 is 0 Å². The van der Waals surface area contributed by atoms with Gasteiger partial charge in [-0.15, -0.1) is 0 Å². The van der Waals surface area contributed by atoms with Crippen LogP contribution in [0.3, 0.4) is 0 Å². The molecule has 1 aliphatic rings. The number of hydrogen-bond donors (Lipinski definition) is 0. The van der Waals surface area contributed by atoms with Crippen LogP contribution >= 0.6 is 0 Å². The van der Waals surface area contributed by atoms with E-state index < -0.39 is 0 Å². The number of allylic oxidation sites excluding steroid dienone is 1. The Morgan fingerprint density at radius 3 is 2.00 bits per heavy atom. The van der Waals surface area contributed by atoms with Crippen LogP contribution in [0.4, 0.5) is 5.69 Å². The van der Waals surface area contributed by atoms with E-state index in [-0.39, 0.29) is 22.8 Å². The molecule has 1 aliphatic carbocycles. The third kappa shape index (κ3) is 2.64. The van der Waals surface area contributed by atoms with Gasteiger partial charge in [0.2, 0.25) is 0 Å². The lowest BCUT2D eigenvalue weighted by atomic mass is 9.98. The first-order valence-electron chi connectivity index (χ1n) is 8.52. The Morgan fingerprint density at radius 2 is 1.43 bits per heavy atom. The lowest BCUT2D eigenvalue weighted by Gasteiger charge is -2.06. The van der Waals surface area contributed by atoms with Gasteiger partial charge in [-0.2, -0.15) is 10.5 Å². The van der Waals surface area contributed by atoms with E-state index in [0.29, 0.717) is 28.1 Å². The van der Waals surface area contributed by atoms with Crippen LogP contribution in [-0.2, 0) is 0 Å². The number of fused-ring (bicyclic) bond motifs is 3. The number of benzene rings is 2. The zero-order chi connectivity index (χ0) is 21.3. The van der Waals surface area contributed by atoms with Gasteiger partial charge >= 0.3 is 0 Å². The molecule has 0 atom stereocenters. The summed E-state index contributed by atoms with van der Waals surface area (Å²) < 4.78 is 0. The Morgan fingerprint density at radius 1 is 0.800 bits per heavy atom. The lowest BCUT2D eigenvalue weighted by Crippen LogP contribution is -2.00. The Balaban J connectivity index is 2.02. The molecule has 2 aromatic carbocycles. The van der Waals surface area contributed by atoms with Crippen LogP contribution in [0.1, 0.15) is 22.6 Å². The van der Waals surface area contributed by atoms with Gasteiger partial charge in [-0.25, -0.2) is 24.9 Å². The third-order valence-electron chi connectivity index (χ3n) is 4.67. The van der Waals surface area contributed by atoms with Gasteiger partial charge in [0.1, 0.15) is 12.1 Å². The predicted octanol–water partition coefficient (Wildman–Crippen LogP) is 4.62. The van der Waals surface area contributed by atoms with Crippen LogP contribution in [0.25, 0.3) is 37.6 Å². The molecule has 4 rings (SSSR count). The van der Waals surface area contributed by atoms with Crippen LogP contribution in [0.15, 0.2) is 48.2 Å². The third-order valence-corrected chi connectivity index (χ3v) is 4.67. The van der Waals surface area contributed by atoms with Crippen molar-refractivity contribution in [2.45, 2.75) is 0 Å². The molecule has 1 aromatic heterocycles. The van der Waals surface area contributed by atoms with Gasteiger partial charge in [0.05, 0.1) is 30.6 Å². The maximum Gasteiger partial charge on any atom is 0.271 e. The molecule has 0 bridgehead atoms. The fraction of sp³-hybridized carbons (Fsp3) is 0. The number of rotatable bonds is 1. The second kappa shape index (κ2) is 7.03. The summed E-state index contributed by atoms with van der Waals surface area (Å²) in [7, 11) is 0. The molecule has 30 heavy (non-hydrogen) atoms. The summed E-state index contributed by atoms with van der Waals surface area (Å²) in [6.07, 6.45) is 0. The molecule has 0 spiro atoms. The highest BCUT2D eigenvalue weighted by Crippen LogP contribution is 2.45. The standard InChI is InChI=1S/C23H7N7/c1-27-15-6-3-13(4-7-15)14-5-8-16-17(9-14)22-23(21(16)20(12-26)28-2)30-19(11-25)18(10-24)29-22/h3-9H/b21-20+. The summed E-state index contributed by atoms with van der Waals surface area (Å²) in [5.41, 5.74) is 3.93. The molecule has 0 unspecified atom stereocenters. The highest BCUT2D eigenvalue weighted by molar-refractivity contribution is 6.02. The van der Waals surface area contributed by atoms with Crippen LogP contribution in [-0.4, -0.2) is 9.97 Å². The second-order valence-electron chi connectivity index (χ2n) is 6.21. The van der Waals surface area contributed by atoms with Crippen molar-refractivity contribution in [2.75, 3.05) is 0 Å². The molecule has 0 saturated carbocycles. The summed E-state index contributed by atoms with van der Waals surface area (Å²) in [6, 6.07) is 18.1. The van der Waals surface area contributed by atoms with Crippen molar-refractivity contribution in [3.8, 4) is 40.6 Å². The van der Waals surface area contributed by atoms with Gasteiger partial charge in [0, 0.05) is 11.1 Å². The maximum absolute atomic E-state index is 9.44. The highest BCUT2D eigenvalue weighted by atomic mass is 14.9. The molecule has 134 valence electrons. The highest BCUT2D eigenvalue weighted by Gasteiger charge is 2.31. The molecule has 7 nitrogen and oxygen atoms in total. The molecular weight excluding hydrogens is 374 g/mol. The smallest absolute Gasteiger partial charge is 0.238 e. The quantitative estimate of drug-likeness (QED) is 0.353. The second-order valence-corrected chi connectivity index (χ2v) is 6.21. The number of nitrogens with zero attached hydrogens (tertiary/aromatic N) is 7. The molecule has 0 radical (unpaired) electrons. The summed E-state index contributed by atoms with van der Waals surface area (Å²) in [5.74, 6) is 0. The molecule has 0 aliphatic heterocycles. The number of aromatic nitrogens is 2. The topological polar surface area (TPSA) is 106 Å². The first-order chi connectivity index (χ1) is 14.6. The van der Waals surface area contributed by atoms with Gasteiger partial charge in [-0.3, -0.25) is 0 Å². The fourth-order valence-electron chi connectivity index (χ4n) is 3.32. The Hall–Kier alpha value is -5.29. The van der Waals surface area contributed by atoms with Gasteiger partial charge in [-0.05, 0) is 22.8 Å². The minimum atomic E-state index is -0.160. The normalized spacial score (nSPS) is 12.2. The monoisotopic (exact) mass is 381 g/mol. The molecule has 0 N–H and O–H groups in total. The van der Waals surface area contributed by atoms with Crippen LogP contribution in [0.2, 0.25) is 0 Å². The summed E-state index contributed by atoms with van der Waals surface area (Å²) in [6.45, 7) is 14.4. The zero-order valence-corrected chi connectivity index (χ0v) is 15.2. The molecule has 3 aromatic rings. The molecule has 0 fully saturated rings. The first kappa shape index (κ1) is 18.1. The lowest BCUT2D eigenvalue weighted by molar-refractivity contribution is 1.12. The Bertz CT molecular complexity index is 1460. The van der Waals surface area contributed by atoms with Crippen LogP contribution in [0, 0.1) is 47.1 Å². The number of hydrogen-bond acceptors (Lipinski definition) is 5. The maximum atomic E-state index is 9.44. The minimum absolute atomic E-state index is 0.114. The molecule has 7 heteroatoms. The zero-order valence-electron chi connectivity index (χ0n) is 15.2. The van der Waals surface area contributed by atoms with Crippen molar-refractivity contribution >= 4 is 11.3 Å². The van der Waals surface area contributed by atoms with Crippen molar-refractivity contribution in [3.05, 3.63) is 93.6 Å². The van der Waals surface area contributed by atoms with Crippen molar-refractivity contribution in [2.24, 2.45) is 0 Å². The largest absolute Gasteiger partial charge is 0.271 e. The Labute approximate surface area is 171 Å². The van der Waals surface area contributed by atoms with Gasteiger partial charge in [0.15, 0.2) is 17.1 Å². The van der Waals surface area contributed by atoms with Gasteiger partial charge in [-0.1, -0.05) is 36.4 Å². The van der Waals surface area contributed by atoms with Crippen molar-refractivity contribution < 1.29 is 0 Å². The first-order valence-corrected chi connectivity index (χ1v) is 8.52. The van der Waals surface area contributed by atoms with E-state index in [1.165, 1.54) is 0 Å². The van der Waals surface area contributed by atoms with Crippen LogP contribution < -0.4 is 0 Å². The predicted molar refractivity (Wildman–Crippen MR) is 107 cm³/mol. The fourth-order valence-corrected chi connectivity index (χ4v) is 3.32. The van der Waals surface area contributed by atoms with E-state index in [4.69, 9.17) is 13.1 Å². The number of nitriles is 3. The Kier molecular flexibility index (Phi) is 4.24. The van der Waals surface area contributed by atoms with E-state index in [0.717, 1.165) is 11.1 Å². The SMILES string of the molecule is [C-]#[N+]/C(C#N)=C1\c2ccc(-c3ccc([N+]#[C-])cc3)cc2-c2nc(C#N)c(C#N)nc21. The minimum Gasteiger partial charge on any atom is -0.238 e. The summed E-state index contributed by atoms with van der Waals surface area (Å²) in [5, 5.41) is 28.1. The van der Waals surface area contributed by atoms with Gasteiger partial charge in [0.25, 0.3) is 5.70 Å². The summed E-state index contributed by atoms with van der Waals surface area (Å²) in [4.78, 5) is 15.3. The van der Waals surface area contributed by atoms with Crippen molar-refractivity contribution in [1.82, 2.24) is 9.97 Å². The molecule has 1 heterocycles. The van der Waals surface area contributed by atoms with E-state index in [1.54, 1.807) is 18.2 Å². The average Bonchev–Trinajstić information content (AvgIpc) is 3.11.